The van der Waals surface area contributed by atoms with Crippen molar-refractivity contribution in [2.45, 2.75) is 20.3 Å². The molecule has 3 nitrogen and oxygen atoms in total. The van der Waals surface area contributed by atoms with Crippen LogP contribution in [0.1, 0.15) is 29.3 Å². The molecule has 0 atom stereocenters. The molecule has 0 saturated carbocycles. The lowest BCUT2D eigenvalue weighted by Gasteiger charge is -2.17. The summed E-state index contributed by atoms with van der Waals surface area (Å²) in [5, 5.41) is 0. The quantitative estimate of drug-likeness (QED) is 0.769. The lowest BCUT2D eigenvalue weighted by Crippen LogP contribution is -2.28. The Morgan fingerprint density at radius 1 is 1.47 bits per heavy atom. The molecule has 2 N–H and O–H groups in total. The third kappa shape index (κ3) is 2.72. The molecule has 0 fully saturated rings. The van der Waals surface area contributed by atoms with Crippen molar-refractivity contribution in [2.24, 2.45) is 0 Å². The fourth-order valence-corrected chi connectivity index (χ4v) is 1.50. The summed E-state index contributed by atoms with van der Waals surface area (Å²) < 4.78 is 0. The number of carbonyl (C=O) groups excluding carboxylic acids is 1. The Balaban J connectivity index is 2.95. The van der Waals surface area contributed by atoms with Crippen molar-refractivity contribution in [1.29, 1.82) is 0 Å². The molecule has 1 aromatic carbocycles. The molecule has 82 valence electrons. The molecule has 0 saturated heterocycles. The van der Waals surface area contributed by atoms with Gasteiger partial charge in [-0.1, -0.05) is 18.6 Å². The second-order valence-electron chi connectivity index (χ2n) is 3.82. The second kappa shape index (κ2) is 4.82. The summed E-state index contributed by atoms with van der Waals surface area (Å²) in [6.07, 6.45) is 0.952. The standard InChI is InChI=1S/C12H18N2O/c1-4-7-14(3)12(15)10-8-9(2)5-6-11(10)13/h5-6,8H,4,7,13H2,1-3H3. The van der Waals surface area contributed by atoms with Gasteiger partial charge in [0.2, 0.25) is 0 Å². The van der Waals surface area contributed by atoms with Crippen molar-refractivity contribution in [3.8, 4) is 0 Å². The number of carbonyl (C=O) groups is 1. The first kappa shape index (κ1) is 11.6. The second-order valence-corrected chi connectivity index (χ2v) is 3.82. The molecule has 0 aromatic heterocycles. The molecule has 1 aromatic rings. The lowest BCUT2D eigenvalue weighted by molar-refractivity contribution is 0.0796. The monoisotopic (exact) mass is 206 g/mol. The van der Waals surface area contributed by atoms with Gasteiger partial charge in [0.25, 0.3) is 5.91 Å². The van der Waals surface area contributed by atoms with E-state index in [9.17, 15) is 4.79 Å². The number of hydrogen-bond acceptors (Lipinski definition) is 2. The zero-order valence-corrected chi connectivity index (χ0v) is 9.58. The Morgan fingerprint density at radius 2 is 2.13 bits per heavy atom. The van der Waals surface area contributed by atoms with Crippen LogP contribution in [0.4, 0.5) is 5.69 Å². The predicted octanol–water partition coefficient (Wildman–Crippen LogP) is 2.06. The van der Waals surface area contributed by atoms with E-state index in [2.05, 4.69) is 0 Å². The van der Waals surface area contributed by atoms with Gasteiger partial charge in [-0.05, 0) is 25.5 Å². The predicted molar refractivity (Wildman–Crippen MR) is 62.8 cm³/mol. The number of amides is 1. The van der Waals surface area contributed by atoms with Crippen molar-refractivity contribution >= 4 is 11.6 Å². The topological polar surface area (TPSA) is 46.3 Å². The smallest absolute Gasteiger partial charge is 0.255 e. The van der Waals surface area contributed by atoms with Crippen LogP contribution in [-0.2, 0) is 0 Å². The normalized spacial score (nSPS) is 10.1. The zero-order valence-electron chi connectivity index (χ0n) is 9.58. The van der Waals surface area contributed by atoms with Crippen LogP contribution in [0.2, 0.25) is 0 Å². The highest BCUT2D eigenvalue weighted by molar-refractivity contribution is 5.99. The van der Waals surface area contributed by atoms with Gasteiger partial charge < -0.3 is 10.6 Å². The summed E-state index contributed by atoms with van der Waals surface area (Å²) in [7, 11) is 1.80. The van der Waals surface area contributed by atoms with E-state index in [-0.39, 0.29) is 5.91 Å². The summed E-state index contributed by atoms with van der Waals surface area (Å²) in [6, 6.07) is 5.53. The molecule has 0 aliphatic heterocycles. The number of nitrogens with two attached hydrogens (primary N) is 1. The Kier molecular flexibility index (Phi) is 3.72. The molecule has 1 rings (SSSR count). The SMILES string of the molecule is CCCN(C)C(=O)c1cc(C)ccc1N. The highest BCUT2D eigenvalue weighted by Gasteiger charge is 2.13. The lowest BCUT2D eigenvalue weighted by atomic mass is 10.1. The molecule has 0 unspecified atom stereocenters. The van der Waals surface area contributed by atoms with Crippen LogP contribution in [0.5, 0.6) is 0 Å². The molecule has 15 heavy (non-hydrogen) atoms. The van der Waals surface area contributed by atoms with Crippen molar-refractivity contribution in [2.75, 3.05) is 19.3 Å². The van der Waals surface area contributed by atoms with Crippen LogP contribution < -0.4 is 5.73 Å². The van der Waals surface area contributed by atoms with Gasteiger partial charge in [0.1, 0.15) is 0 Å². The first-order valence-corrected chi connectivity index (χ1v) is 5.17. The molecule has 0 aliphatic carbocycles. The number of anilines is 1. The maximum absolute atomic E-state index is 12.0. The van der Waals surface area contributed by atoms with E-state index in [0.29, 0.717) is 11.3 Å². The van der Waals surface area contributed by atoms with Gasteiger partial charge in [0.05, 0.1) is 5.56 Å². The number of nitrogens with zero attached hydrogens (tertiary/aromatic N) is 1. The summed E-state index contributed by atoms with van der Waals surface area (Å²) in [6.45, 7) is 4.76. The average Bonchev–Trinajstić information content (AvgIpc) is 2.21. The Labute approximate surface area is 90.9 Å². The fourth-order valence-electron chi connectivity index (χ4n) is 1.50. The summed E-state index contributed by atoms with van der Waals surface area (Å²) in [5.74, 6) is -0.00181. The molecule has 3 heteroatoms. The summed E-state index contributed by atoms with van der Waals surface area (Å²) in [5.41, 5.74) is 7.98. The van der Waals surface area contributed by atoms with E-state index >= 15 is 0 Å². The van der Waals surface area contributed by atoms with E-state index < -0.39 is 0 Å². The van der Waals surface area contributed by atoms with Gasteiger partial charge in [0.15, 0.2) is 0 Å². The molecular weight excluding hydrogens is 188 g/mol. The minimum atomic E-state index is -0.00181. The highest BCUT2D eigenvalue weighted by Crippen LogP contribution is 2.15. The number of hydrogen-bond donors (Lipinski definition) is 1. The summed E-state index contributed by atoms with van der Waals surface area (Å²) in [4.78, 5) is 13.7. The van der Waals surface area contributed by atoms with Crippen LogP contribution in [0.15, 0.2) is 18.2 Å². The average molecular weight is 206 g/mol. The van der Waals surface area contributed by atoms with Crippen LogP contribution in [0.25, 0.3) is 0 Å². The van der Waals surface area contributed by atoms with Crippen molar-refractivity contribution in [1.82, 2.24) is 4.90 Å². The fraction of sp³-hybridized carbons (Fsp3) is 0.417. The number of aryl methyl sites for hydroxylation is 1. The van der Waals surface area contributed by atoms with E-state index in [4.69, 9.17) is 5.73 Å². The van der Waals surface area contributed by atoms with Crippen LogP contribution in [0.3, 0.4) is 0 Å². The van der Waals surface area contributed by atoms with Gasteiger partial charge in [-0.2, -0.15) is 0 Å². The van der Waals surface area contributed by atoms with Crippen molar-refractivity contribution < 1.29 is 4.79 Å². The first-order chi connectivity index (χ1) is 7.06. The minimum Gasteiger partial charge on any atom is -0.398 e. The third-order valence-corrected chi connectivity index (χ3v) is 2.34. The van der Waals surface area contributed by atoms with Crippen LogP contribution >= 0.6 is 0 Å². The Hall–Kier alpha value is -1.51. The molecule has 0 aliphatic rings. The molecule has 1 amide bonds. The van der Waals surface area contributed by atoms with E-state index in [1.165, 1.54) is 0 Å². The van der Waals surface area contributed by atoms with Gasteiger partial charge in [0, 0.05) is 19.3 Å². The summed E-state index contributed by atoms with van der Waals surface area (Å²) >= 11 is 0. The van der Waals surface area contributed by atoms with Gasteiger partial charge in [-0.15, -0.1) is 0 Å². The Morgan fingerprint density at radius 3 is 2.73 bits per heavy atom. The molecule has 0 heterocycles. The van der Waals surface area contributed by atoms with Crippen molar-refractivity contribution in [3.63, 3.8) is 0 Å². The van der Waals surface area contributed by atoms with Gasteiger partial charge in [-0.25, -0.2) is 0 Å². The molecule has 0 radical (unpaired) electrons. The minimum absolute atomic E-state index is 0.00181. The maximum Gasteiger partial charge on any atom is 0.255 e. The number of nitrogen functional groups attached to an aromatic ring is 1. The molecular formula is C12H18N2O. The van der Waals surface area contributed by atoms with E-state index in [1.54, 1.807) is 18.0 Å². The van der Waals surface area contributed by atoms with Crippen molar-refractivity contribution in [3.05, 3.63) is 29.3 Å². The van der Waals surface area contributed by atoms with E-state index in [0.717, 1.165) is 18.5 Å². The zero-order chi connectivity index (χ0) is 11.4. The van der Waals surface area contributed by atoms with Crippen LogP contribution in [-0.4, -0.2) is 24.4 Å². The molecule has 0 bridgehead atoms. The van der Waals surface area contributed by atoms with Gasteiger partial charge >= 0.3 is 0 Å². The van der Waals surface area contributed by atoms with E-state index in [1.807, 2.05) is 26.0 Å². The number of benzene rings is 1. The third-order valence-electron chi connectivity index (χ3n) is 2.34. The largest absolute Gasteiger partial charge is 0.398 e. The van der Waals surface area contributed by atoms with Crippen LogP contribution in [0, 0.1) is 6.92 Å². The highest BCUT2D eigenvalue weighted by atomic mass is 16.2. The van der Waals surface area contributed by atoms with Gasteiger partial charge in [-0.3, -0.25) is 4.79 Å². The first-order valence-electron chi connectivity index (χ1n) is 5.17. The number of rotatable bonds is 3. The molecule has 0 spiro atoms. The maximum atomic E-state index is 12.0. The Bertz CT molecular complexity index is 361.